The summed E-state index contributed by atoms with van der Waals surface area (Å²) in [6.45, 7) is 4.36. The van der Waals surface area contributed by atoms with Crippen LogP contribution in [0, 0.1) is 6.92 Å². The van der Waals surface area contributed by atoms with Crippen molar-refractivity contribution in [2.45, 2.75) is 6.92 Å². The molecule has 4 rings (SSSR count). The Labute approximate surface area is 176 Å². The predicted molar refractivity (Wildman–Crippen MR) is 116 cm³/mol. The van der Waals surface area contributed by atoms with Crippen LogP contribution in [0.15, 0.2) is 54.6 Å². The largest absolute Gasteiger partial charge is 0.497 e. The number of aromatic nitrogens is 1. The molecule has 0 spiro atoms. The summed E-state index contributed by atoms with van der Waals surface area (Å²) in [7, 11) is 3.30. The Hall–Kier alpha value is -3.25. The van der Waals surface area contributed by atoms with Gasteiger partial charge in [-0.2, -0.15) is 0 Å². The molecule has 0 radical (unpaired) electrons. The third-order valence-corrected chi connectivity index (χ3v) is 5.47. The number of methoxy groups -OCH3 is 2. The summed E-state index contributed by atoms with van der Waals surface area (Å²) in [5.41, 5.74) is 4.48. The highest BCUT2D eigenvalue weighted by molar-refractivity contribution is 5.97. The smallest absolute Gasteiger partial charge is 0.255 e. The van der Waals surface area contributed by atoms with E-state index < -0.39 is 0 Å². The van der Waals surface area contributed by atoms with E-state index in [9.17, 15) is 4.79 Å². The SMILES string of the molecule is COc1ccc(-c2cc(C(=O)N3CCOCC3)c(C)n2-c2cccc(OC)c2)cc1. The molecule has 6 heteroatoms. The van der Waals surface area contributed by atoms with Crippen molar-refractivity contribution in [3.05, 3.63) is 65.9 Å². The third kappa shape index (κ3) is 3.78. The minimum Gasteiger partial charge on any atom is -0.497 e. The van der Waals surface area contributed by atoms with Crippen LogP contribution in [0.25, 0.3) is 16.9 Å². The van der Waals surface area contributed by atoms with Gasteiger partial charge in [0.25, 0.3) is 5.91 Å². The molecule has 1 amide bonds. The second kappa shape index (κ2) is 8.63. The number of hydrogen-bond donors (Lipinski definition) is 0. The van der Waals surface area contributed by atoms with Gasteiger partial charge in [-0.05, 0) is 55.0 Å². The predicted octanol–water partition coefficient (Wildman–Crippen LogP) is 3.94. The lowest BCUT2D eigenvalue weighted by molar-refractivity contribution is 0.0302. The van der Waals surface area contributed by atoms with Crippen LogP contribution in [0.1, 0.15) is 16.1 Å². The molecule has 6 nitrogen and oxygen atoms in total. The van der Waals surface area contributed by atoms with Gasteiger partial charge in [0.05, 0.1) is 38.7 Å². The molecule has 0 saturated carbocycles. The first-order valence-electron chi connectivity index (χ1n) is 10.0. The van der Waals surface area contributed by atoms with Gasteiger partial charge in [0.15, 0.2) is 0 Å². The number of morpholine rings is 1. The Bertz CT molecular complexity index is 1030. The highest BCUT2D eigenvalue weighted by Gasteiger charge is 2.25. The topological polar surface area (TPSA) is 52.9 Å². The van der Waals surface area contributed by atoms with E-state index in [4.69, 9.17) is 14.2 Å². The van der Waals surface area contributed by atoms with E-state index in [1.807, 2.05) is 66.4 Å². The minimum absolute atomic E-state index is 0.0345. The Morgan fingerprint density at radius 1 is 0.933 bits per heavy atom. The number of ether oxygens (including phenoxy) is 3. The van der Waals surface area contributed by atoms with Crippen molar-refractivity contribution >= 4 is 5.91 Å². The van der Waals surface area contributed by atoms with Gasteiger partial charge >= 0.3 is 0 Å². The van der Waals surface area contributed by atoms with Gasteiger partial charge in [0.1, 0.15) is 11.5 Å². The molecule has 1 saturated heterocycles. The van der Waals surface area contributed by atoms with Gasteiger partial charge < -0.3 is 23.7 Å². The molecule has 30 heavy (non-hydrogen) atoms. The van der Waals surface area contributed by atoms with Crippen molar-refractivity contribution in [2.75, 3.05) is 40.5 Å². The molecule has 1 aliphatic heterocycles. The molecule has 0 N–H and O–H groups in total. The number of nitrogens with zero attached hydrogens (tertiary/aromatic N) is 2. The van der Waals surface area contributed by atoms with Gasteiger partial charge in [-0.15, -0.1) is 0 Å². The van der Waals surface area contributed by atoms with Crippen molar-refractivity contribution in [1.82, 2.24) is 9.47 Å². The number of benzene rings is 2. The molecule has 3 aromatic rings. The lowest BCUT2D eigenvalue weighted by Crippen LogP contribution is -2.40. The lowest BCUT2D eigenvalue weighted by Gasteiger charge is -2.26. The zero-order valence-electron chi connectivity index (χ0n) is 17.6. The number of carbonyl (C=O) groups is 1. The zero-order chi connectivity index (χ0) is 21.1. The zero-order valence-corrected chi connectivity index (χ0v) is 17.6. The first-order valence-corrected chi connectivity index (χ1v) is 10.0. The molecular weight excluding hydrogens is 380 g/mol. The van der Waals surface area contributed by atoms with E-state index >= 15 is 0 Å². The fraction of sp³-hybridized carbons (Fsp3) is 0.292. The molecule has 1 aliphatic rings. The van der Waals surface area contributed by atoms with Crippen LogP contribution < -0.4 is 9.47 Å². The monoisotopic (exact) mass is 406 g/mol. The van der Waals surface area contributed by atoms with Crippen molar-refractivity contribution in [3.63, 3.8) is 0 Å². The maximum absolute atomic E-state index is 13.3. The van der Waals surface area contributed by atoms with E-state index in [0.29, 0.717) is 31.9 Å². The average Bonchev–Trinajstić information content (AvgIpc) is 3.16. The minimum atomic E-state index is 0.0345. The Morgan fingerprint density at radius 3 is 2.30 bits per heavy atom. The first kappa shape index (κ1) is 20.0. The Kier molecular flexibility index (Phi) is 5.77. The number of rotatable bonds is 5. The molecule has 1 aromatic heterocycles. The first-order chi connectivity index (χ1) is 14.6. The molecule has 156 valence electrons. The maximum atomic E-state index is 13.3. The summed E-state index contributed by atoms with van der Waals surface area (Å²) in [6, 6.07) is 17.7. The van der Waals surface area contributed by atoms with Crippen LogP contribution in [0.2, 0.25) is 0 Å². The van der Waals surface area contributed by atoms with Crippen LogP contribution in [0.5, 0.6) is 11.5 Å². The Morgan fingerprint density at radius 2 is 1.63 bits per heavy atom. The second-order valence-corrected chi connectivity index (χ2v) is 7.20. The van der Waals surface area contributed by atoms with E-state index in [1.165, 1.54) is 0 Å². The molecule has 1 fully saturated rings. The molecular formula is C24H26N2O4. The quantitative estimate of drug-likeness (QED) is 0.644. The summed E-state index contributed by atoms with van der Waals surface area (Å²) in [5, 5.41) is 0. The van der Waals surface area contributed by atoms with Crippen molar-refractivity contribution in [2.24, 2.45) is 0 Å². The van der Waals surface area contributed by atoms with Gasteiger partial charge in [-0.1, -0.05) is 6.07 Å². The van der Waals surface area contributed by atoms with E-state index in [2.05, 4.69) is 4.57 Å². The van der Waals surface area contributed by atoms with E-state index in [1.54, 1.807) is 14.2 Å². The molecule has 0 aliphatic carbocycles. The summed E-state index contributed by atoms with van der Waals surface area (Å²) in [6.07, 6.45) is 0. The van der Waals surface area contributed by atoms with Crippen molar-refractivity contribution < 1.29 is 19.0 Å². The number of hydrogen-bond acceptors (Lipinski definition) is 4. The van der Waals surface area contributed by atoms with E-state index in [-0.39, 0.29) is 5.91 Å². The van der Waals surface area contributed by atoms with E-state index in [0.717, 1.165) is 34.1 Å². The summed E-state index contributed by atoms with van der Waals surface area (Å²) in [4.78, 5) is 15.1. The van der Waals surface area contributed by atoms with Crippen LogP contribution in [0.3, 0.4) is 0 Å². The van der Waals surface area contributed by atoms with Crippen LogP contribution >= 0.6 is 0 Å². The van der Waals surface area contributed by atoms with Gasteiger partial charge in [-0.25, -0.2) is 0 Å². The highest BCUT2D eigenvalue weighted by Crippen LogP contribution is 2.32. The third-order valence-electron chi connectivity index (χ3n) is 5.47. The number of amides is 1. The number of carbonyl (C=O) groups excluding carboxylic acids is 1. The lowest BCUT2D eigenvalue weighted by atomic mass is 10.1. The maximum Gasteiger partial charge on any atom is 0.255 e. The fourth-order valence-corrected chi connectivity index (χ4v) is 3.82. The molecule has 0 bridgehead atoms. The van der Waals surface area contributed by atoms with Gasteiger partial charge in [-0.3, -0.25) is 4.79 Å². The molecule has 2 aromatic carbocycles. The van der Waals surface area contributed by atoms with Crippen molar-refractivity contribution in [1.29, 1.82) is 0 Å². The molecule has 0 atom stereocenters. The normalized spacial score (nSPS) is 13.9. The molecule has 2 heterocycles. The van der Waals surface area contributed by atoms with Gasteiger partial charge in [0.2, 0.25) is 0 Å². The molecule has 0 unspecified atom stereocenters. The standard InChI is InChI=1S/C24H26N2O4/c1-17-22(24(27)25-11-13-30-14-12-25)16-23(18-7-9-20(28-2)10-8-18)26(17)19-5-4-6-21(15-19)29-3/h4-10,15-16H,11-14H2,1-3H3. The van der Waals surface area contributed by atoms with Crippen LogP contribution in [0.4, 0.5) is 0 Å². The fourth-order valence-electron chi connectivity index (χ4n) is 3.82. The Balaban J connectivity index is 1.84. The van der Waals surface area contributed by atoms with Crippen molar-refractivity contribution in [3.8, 4) is 28.4 Å². The van der Waals surface area contributed by atoms with Crippen LogP contribution in [-0.2, 0) is 4.74 Å². The second-order valence-electron chi connectivity index (χ2n) is 7.20. The van der Waals surface area contributed by atoms with Gasteiger partial charge in [0, 0.05) is 30.5 Å². The summed E-state index contributed by atoms with van der Waals surface area (Å²) in [5.74, 6) is 1.59. The average molecular weight is 406 g/mol. The van der Waals surface area contributed by atoms with Crippen LogP contribution in [-0.4, -0.2) is 55.9 Å². The summed E-state index contributed by atoms with van der Waals surface area (Å²) >= 11 is 0. The highest BCUT2D eigenvalue weighted by atomic mass is 16.5. The summed E-state index contributed by atoms with van der Waals surface area (Å²) < 4.78 is 18.2.